The van der Waals surface area contributed by atoms with E-state index >= 15 is 0 Å². The number of nitrogens with zero attached hydrogens (tertiary/aromatic N) is 2. The molecule has 0 aromatic heterocycles. The van der Waals surface area contributed by atoms with Gasteiger partial charge in [0.05, 0.1) is 12.8 Å². The second kappa shape index (κ2) is 11.3. The van der Waals surface area contributed by atoms with E-state index in [0.29, 0.717) is 12.1 Å². The van der Waals surface area contributed by atoms with Gasteiger partial charge in [-0.25, -0.2) is 0 Å². The molecule has 4 nitrogen and oxygen atoms in total. The molecule has 4 heteroatoms. The summed E-state index contributed by atoms with van der Waals surface area (Å²) in [4.78, 5) is 4.11. The maximum Gasteiger partial charge on any atom is 0.0988 e. The van der Waals surface area contributed by atoms with Crippen molar-refractivity contribution >= 4 is 0 Å². The maximum absolute atomic E-state index is 5.23. The van der Waals surface area contributed by atoms with Crippen molar-refractivity contribution in [1.82, 2.24) is 15.1 Å². The van der Waals surface area contributed by atoms with Crippen LogP contribution in [0.1, 0.15) is 27.7 Å². The summed E-state index contributed by atoms with van der Waals surface area (Å²) < 4.78 is 5.23. The van der Waals surface area contributed by atoms with Crippen LogP contribution in [0.2, 0.25) is 0 Å². The van der Waals surface area contributed by atoms with E-state index in [0.717, 1.165) is 13.4 Å². The number of rotatable bonds is 6. The van der Waals surface area contributed by atoms with Crippen LogP contribution in [0.5, 0.6) is 0 Å². The summed E-state index contributed by atoms with van der Waals surface area (Å²) in [5.74, 6) is 0. The van der Waals surface area contributed by atoms with Crippen molar-refractivity contribution in [3.8, 4) is 0 Å². The van der Waals surface area contributed by atoms with Gasteiger partial charge >= 0.3 is 0 Å². The van der Waals surface area contributed by atoms with Crippen LogP contribution in [0.15, 0.2) is 0 Å². The lowest BCUT2D eigenvalue weighted by molar-refractivity contribution is 0.0152. The molecular weight excluding hydrogens is 202 g/mol. The Morgan fingerprint density at radius 3 is 1.56 bits per heavy atom. The van der Waals surface area contributed by atoms with Gasteiger partial charge in [-0.1, -0.05) is 0 Å². The lowest BCUT2D eigenvalue weighted by atomic mass is 10.4. The molecule has 0 aliphatic heterocycles. The predicted octanol–water partition coefficient (Wildman–Crippen LogP) is 1.43. The van der Waals surface area contributed by atoms with E-state index in [1.54, 1.807) is 0 Å². The minimum Gasteiger partial charge on any atom is -0.363 e. The molecule has 100 valence electrons. The van der Waals surface area contributed by atoms with Crippen molar-refractivity contribution < 1.29 is 4.74 Å². The summed E-state index contributed by atoms with van der Waals surface area (Å²) in [5.41, 5.74) is 0. The fraction of sp³-hybridized carbons (Fsp3) is 1.00. The molecule has 16 heavy (non-hydrogen) atoms. The normalized spacial score (nSPS) is 11.2. The van der Waals surface area contributed by atoms with Gasteiger partial charge in [-0.3, -0.25) is 9.80 Å². The fourth-order valence-electron chi connectivity index (χ4n) is 0.663. The average molecular weight is 233 g/mol. The Morgan fingerprint density at radius 2 is 1.44 bits per heavy atom. The largest absolute Gasteiger partial charge is 0.363 e. The van der Waals surface area contributed by atoms with E-state index in [-0.39, 0.29) is 0 Å². The Bertz CT molecular complexity index is 104. The lowest BCUT2D eigenvalue weighted by Crippen LogP contribution is -2.32. The van der Waals surface area contributed by atoms with Gasteiger partial charge in [0.15, 0.2) is 0 Å². The van der Waals surface area contributed by atoms with E-state index in [1.807, 2.05) is 32.8 Å². The summed E-state index contributed by atoms with van der Waals surface area (Å²) in [5, 5.41) is 3.27. The van der Waals surface area contributed by atoms with Gasteiger partial charge < -0.3 is 10.1 Å². The van der Waals surface area contributed by atoms with Crippen LogP contribution in [0.3, 0.4) is 0 Å². The molecule has 0 aliphatic carbocycles. The Balaban J connectivity index is 0. The minimum atomic E-state index is 0.345. The first-order valence-corrected chi connectivity index (χ1v) is 5.90. The van der Waals surface area contributed by atoms with Gasteiger partial charge in [-0.05, 0) is 55.9 Å². The van der Waals surface area contributed by atoms with Crippen LogP contribution < -0.4 is 5.32 Å². The first kappa shape index (κ1) is 18.2. The van der Waals surface area contributed by atoms with Crippen molar-refractivity contribution in [2.45, 2.75) is 39.8 Å². The van der Waals surface area contributed by atoms with Gasteiger partial charge in [-0.15, -0.1) is 0 Å². The van der Waals surface area contributed by atoms with Gasteiger partial charge in [0, 0.05) is 12.7 Å². The number of nitrogens with one attached hydrogen (secondary N) is 1. The Hall–Kier alpha value is -0.160. The van der Waals surface area contributed by atoms with E-state index in [9.17, 15) is 0 Å². The Morgan fingerprint density at radius 1 is 0.938 bits per heavy atom. The molecule has 0 heterocycles. The highest BCUT2D eigenvalue weighted by Gasteiger charge is 1.91. The lowest BCUT2D eigenvalue weighted by Gasteiger charge is -2.12. The van der Waals surface area contributed by atoms with Crippen LogP contribution in [0.4, 0.5) is 0 Å². The molecule has 0 amide bonds. The first-order chi connectivity index (χ1) is 7.25. The van der Waals surface area contributed by atoms with E-state index in [1.165, 1.54) is 0 Å². The number of ether oxygens (including phenoxy) is 1. The highest BCUT2D eigenvalue weighted by atomic mass is 16.5. The molecule has 0 atom stereocenters. The molecule has 0 bridgehead atoms. The van der Waals surface area contributed by atoms with Crippen LogP contribution in [0.25, 0.3) is 0 Å². The monoisotopic (exact) mass is 233 g/mol. The molecule has 0 saturated carbocycles. The van der Waals surface area contributed by atoms with Crippen LogP contribution in [0, 0.1) is 0 Å². The van der Waals surface area contributed by atoms with Crippen molar-refractivity contribution in [3.63, 3.8) is 0 Å². The highest BCUT2D eigenvalue weighted by molar-refractivity contribution is 4.48. The molecule has 0 unspecified atom stereocenters. The second-order valence-corrected chi connectivity index (χ2v) is 5.02. The Labute approximate surface area is 102 Å². The molecule has 0 saturated heterocycles. The standard InChI is InChI=1S/C6H16N2.C6H15NO/c1-6(2)7-5-8(3)4;1-6(2)8-5-7(3)4/h6-7H,5H2,1-4H3;6H,5H2,1-4H3. The number of hydrogen-bond donors (Lipinski definition) is 1. The third kappa shape index (κ3) is 23.6. The van der Waals surface area contributed by atoms with E-state index in [4.69, 9.17) is 4.74 Å². The van der Waals surface area contributed by atoms with Crippen molar-refractivity contribution in [2.75, 3.05) is 41.6 Å². The predicted molar refractivity (Wildman–Crippen MR) is 71.6 cm³/mol. The molecule has 0 fully saturated rings. The maximum atomic E-state index is 5.23. The van der Waals surface area contributed by atoms with Gasteiger partial charge in [0.25, 0.3) is 0 Å². The first-order valence-electron chi connectivity index (χ1n) is 5.90. The average Bonchev–Trinajstić information content (AvgIpc) is 2.12. The minimum absolute atomic E-state index is 0.345. The third-order valence-electron chi connectivity index (χ3n) is 1.48. The van der Waals surface area contributed by atoms with Crippen molar-refractivity contribution in [3.05, 3.63) is 0 Å². The molecular formula is C12H31N3O. The smallest absolute Gasteiger partial charge is 0.0988 e. The fourth-order valence-corrected chi connectivity index (χ4v) is 0.663. The molecule has 0 spiro atoms. The van der Waals surface area contributed by atoms with E-state index < -0.39 is 0 Å². The second-order valence-electron chi connectivity index (χ2n) is 5.02. The van der Waals surface area contributed by atoms with Crippen LogP contribution in [-0.2, 0) is 4.74 Å². The van der Waals surface area contributed by atoms with Crippen molar-refractivity contribution in [1.29, 1.82) is 0 Å². The molecule has 0 aromatic carbocycles. The molecule has 0 aliphatic rings. The molecule has 0 aromatic rings. The zero-order valence-electron chi connectivity index (χ0n) is 12.4. The molecule has 0 radical (unpaired) electrons. The summed E-state index contributed by atoms with van der Waals surface area (Å²) >= 11 is 0. The quantitative estimate of drug-likeness (QED) is 0.703. The molecule has 1 N–H and O–H groups in total. The summed E-state index contributed by atoms with van der Waals surface area (Å²) in [6, 6.07) is 0.595. The van der Waals surface area contributed by atoms with Crippen LogP contribution in [-0.4, -0.2) is 63.5 Å². The molecule has 0 rings (SSSR count). The van der Waals surface area contributed by atoms with Crippen LogP contribution >= 0.6 is 0 Å². The summed E-state index contributed by atoms with van der Waals surface area (Å²) in [7, 11) is 8.08. The summed E-state index contributed by atoms with van der Waals surface area (Å²) in [6.45, 7) is 10.0. The Kier molecular flexibility index (Phi) is 12.9. The van der Waals surface area contributed by atoms with Gasteiger partial charge in [0.1, 0.15) is 0 Å². The topological polar surface area (TPSA) is 27.7 Å². The SMILES string of the molecule is CC(C)NCN(C)C.CC(C)OCN(C)C. The van der Waals surface area contributed by atoms with Crippen molar-refractivity contribution in [2.24, 2.45) is 0 Å². The highest BCUT2D eigenvalue weighted by Crippen LogP contribution is 1.86. The van der Waals surface area contributed by atoms with Gasteiger partial charge in [-0.2, -0.15) is 0 Å². The van der Waals surface area contributed by atoms with E-state index in [2.05, 4.69) is 38.2 Å². The zero-order chi connectivity index (χ0) is 13.1. The zero-order valence-corrected chi connectivity index (χ0v) is 12.4. The van der Waals surface area contributed by atoms with Gasteiger partial charge in [0.2, 0.25) is 0 Å². The number of hydrogen-bond acceptors (Lipinski definition) is 4. The summed E-state index contributed by atoms with van der Waals surface area (Å²) in [6.07, 6.45) is 0.345. The third-order valence-corrected chi connectivity index (χ3v) is 1.48.